The fourth-order valence-corrected chi connectivity index (χ4v) is 2.33. The molecule has 86 valence electrons. The van der Waals surface area contributed by atoms with Gasteiger partial charge in [-0.15, -0.1) is 0 Å². The molecule has 0 amide bonds. The van der Waals surface area contributed by atoms with Crippen molar-refractivity contribution in [3.8, 4) is 0 Å². The molecular weight excluding hydrogens is 230 g/mol. The minimum Gasteiger partial charge on any atom is -0.258 e. The van der Waals surface area contributed by atoms with Crippen LogP contribution >= 0.6 is 0 Å². The van der Waals surface area contributed by atoms with Crippen LogP contribution in [0.4, 0.5) is 5.69 Å². The summed E-state index contributed by atoms with van der Waals surface area (Å²) in [7, 11) is -3.47. The molecule has 1 aromatic carbocycles. The van der Waals surface area contributed by atoms with Crippen molar-refractivity contribution in [3.63, 3.8) is 0 Å². The smallest absolute Gasteiger partial charge is 0.258 e. The summed E-state index contributed by atoms with van der Waals surface area (Å²) >= 11 is 0. The normalized spacial score (nSPS) is 11.8. The van der Waals surface area contributed by atoms with E-state index in [1.165, 1.54) is 24.3 Å². The minimum atomic E-state index is -3.47. The van der Waals surface area contributed by atoms with Gasteiger partial charge in [-0.25, -0.2) is 8.42 Å². The molecule has 0 fully saturated rings. The maximum Gasteiger partial charge on any atom is 0.270 e. The number of nitrogens with zero attached hydrogens (tertiary/aromatic N) is 1. The van der Waals surface area contributed by atoms with Crippen molar-refractivity contribution in [2.75, 3.05) is 5.75 Å². The second-order valence-corrected chi connectivity index (χ2v) is 5.14. The largest absolute Gasteiger partial charge is 0.270 e. The number of allylic oxidation sites excluding steroid dienone is 1. The number of hydrogen-bond acceptors (Lipinski definition) is 4. The Morgan fingerprint density at radius 2 is 2.12 bits per heavy atom. The van der Waals surface area contributed by atoms with Crippen LogP contribution in [0.2, 0.25) is 0 Å². The summed E-state index contributed by atoms with van der Waals surface area (Å²) in [5.41, 5.74) is -0.221. The van der Waals surface area contributed by atoms with Crippen molar-refractivity contribution in [2.24, 2.45) is 0 Å². The second kappa shape index (κ2) is 4.89. The summed E-state index contributed by atoms with van der Waals surface area (Å²) in [5.74, 6) is -0.148. The lowest BCUT2D eigenvalue weighted by Gasteiger charge is -2.00. The summed E-state index contributed by atoms with van der Waals surface area (Å²) in [6.07, 6.45) is 3.11. The fourth-order valence-electron chi connectivity index (χ4n) is 1.11. The number of sulfone groups is 1. The van der Waals surface area contributed by atoms with E-state index in [4.69, 9.17) is 0 Å². The van der Waals surface area contributed by atoms with Gasteiger partial charge < -0.3 is 0 Å². The summed E-state index contributed by atoms with van der Waals surface area (Å²) in [6, 6.07) is 5.04. The highest BCUT2D eigenvalue weighted by Crippen LogP contribution is 2.18. The van der Waals surface area contributed by atoms with Crippen LogP contribution in [0.5, 0.6) is 0 Å². The minimum absolute atomic E-state index is 0.0280. The summed E-state index contributed by atoms with van der Waals surface area (Å²) in [4.78, 5) is 9.85. The molecule has 1 rings (SSSR count). The van der Waals surface area contributed by atoms with E-state index in [1.807, 2.05) is 0 Å². The first-order valence-electron chi connectivity index (χ1n) is 4.56. The number of non-ortho nitro benzene ring substituents is 1. The summed E-state index contributed by atoms with van der Waals surface area (Å²) in [5, 5.41) is 10.5. The molecule has 0 spiro atoms. The van der Waals surface area contributed by atoms with Gasteiger partial charge in [-0.3, -0.25) is 10.1 Å². The molecule has 0 aliphatic rings. The molecule has 16 heavy (non-hydrogen) atoms. The van der Waals surface area contributed by atoms with Crippen molar-refractivity contribution < 1.29 is 13.3 Å². The Morgan fingerprint density at radius 3 is 2.69 bits per heavy atom. The highest BCUT2D eigenvalue weighted by atomic mass is 32.2. The lowest BCUT2D eigenvalue weighted by atomic mass is 10.3. The van der Waals surface area contributed by atoms with E-state index >= 15 is 0 Å². The van der Waals surface area contributed by atoms with Crippen LogP contribution in [-0.2, 0) is 9.84 Å². The maximum absolute atomic E-state index is 11.7. The molecule has 0 atom stereocenters. The zero-order chi connectivity index (χ0) is 12.2. The Morgan fingerprint density at radius 1 is 1.44 bits per heavy atom. The molecule has 0 unspecified atom stereocenters. The Bertz CT molecular complexity index is 519. The van der Waals surface area contributed by atoms with Crippen LogP contribution in [0.3, 0.4) is 0 Å². The average Bonchev–Trinajstić information content (AvgIpc) is 2.26. The van der Waals surface area contributed by atoms with Gasteiger partial charge in [0.25, 0.3) is 5.69 Å². The highest BCUT2D eigenvalue weighted by Gasteiger charge is 2.15. The Labute approximate surface area is 93.5 Å². The quantitative estimate of drug-likeness (QED) is 0.458. The number of nitro groups is 1. The molecule has 1 aromatic rings. The molecule has 5 nitrogen and oxygen atoms in total. The number of hydrogen-bond donors (Lipinski definition) is 0. The molecule has 0 radical (unpaired) electrons. The van der Waals surface area contributed by atoms with Gasteiger partial charge >= 0.3 is 0 Å². The second-order valence-electron chi connectivity index (χ2n) is 3.10. The van der Waals surface area contributed by atoms with Crippen LogP contribution in [-0.4, -0.2) is 19.1 Å². The predicted octanol–water partition coefficient (Wildman–Crippen LogP) is 1.94. The van der Waals surface area contributed by atoms with E-state index in [-0.39, 0.29) is 16.3 Å². The third kappa shape index (κ3) is 2.90. The average molecular weight is 241 g/mol. The van der Waals surface area contributed by atoms with E-state index in [0.29, 0.717) is 0 Å². The van der Waals surface area contributed by atoms with Gasteiger partial charge in [-0.1, -0.05) is 18.2 Å². The first-order chi connectivity index (χ1) is 7.47. The third-order valence-electron chi connectivity index (χ3n) is 1.94. The molecule has 0 aromatic heterocycles. The lowest BCUT2D eigenvalue weighted by Crippen LogP contribution is -2.05. The monoisotopic (exact) mass is 241 g/mol. The van der Waals surface area contributed by atoms with Crippen molar-refractivity contribution in [2.45, 2.75) is 11.8 Å². The number of nitro benzene ring substituents is 1. The third-order valence-corrected chi connectivity index (χ3v) is 3.54. The Balaban J connectivity index is 3.13. The van der Waals surface area contributed by atoms with E-state index in [9.17, 15) is 18.5 Å². The molecule has 0 aliphatic heterocycles. The van der Waals surface area contributed by atoms with Gasteiger partial charge in [0, 0.05) is 12.1 Å². The van der Waals surface area contributed by atoms with Gasteiger partial charge in [-0.05, 0) is 13.0 Å². The van der Waals surface area contributed by atoms with Gasteiger partial charge in [0.1, 0.15) is 0 Å². The van der Waals surface area contributed by atoms with Crippen molar-refractivity contribution >= 4 is 15.5 Å². The summed E-state index contributed by atoms with van der Waals surface area (Å²) < 4.78 is 23.4. The van der Waals surface area contributed by atoms with Gasteiger partial charge in [0.05, 0.1) is 15.6 Å². The van der Waals surface area contributed by atoms with Crippen LogP contribution in [0.15, 0.2) is 41.3 Å². The van der Waals surface area contributed by atoms with Gasteiger partial charge in [0.15, 0.2) is 9.84 Å². The summed E-state index contributed by atoms with van der Waals surface area (Å²) in [6.45, 7) is 1.71. The maximum atomic E-state index is 11.7. The molecule has 6 heteroatoms. The van der Waals surface area contributed by atoms with E-state index in [1.54, 1.807) is 13.0 Å². The van der Waals surface area contributed by atoms with Crippen LogP contribution < -0.4 is 0 Å². The van der Waals surface area contributed by atoms with Gasteiger partial charge in [-0.2, -0.15) is 0 Å². The lowest BCUT2D eigenvalue weighted by molar-refractivity contribution is -0.385. The van der Waals surface area contributed by atoms with Crippen molar-refractivity contribution in [3.05, 3.63) is 46.5 Å². The molecule has 0 saturated carbocycles. The zero-order valence-corrected chi connectivity index (χ0v) is 9.48. The van der Waals surface area contributed by atoms with Crippen LogP contribution in [0, 0.1) is 10.1 Å². The van der Waals surface area contributed by atoms with Gasteiger partial charge in [0.2, 0.25) is 0 Å². The molecular formula is C10H11NO4S. The molecule has 0 aliphatic carbocycles. The molecule has 0 heterocycles. The molecule has 0 N–H and O–H groups in total. The zero-order valence-electron chi connectivity index (χ0n) is 8.66. The van der Waals surface area contributed by atoms with E-state index in [2.05, 4.69) is 0 Å². The Hall–Kier alpha value is -1.69. The molecule has 0 saturated heterocycles. The standard InChI is InChI=1S/C10H11NO4S/c1-2-3-7-16(14,15)10-6-4-5-9(8-10)11(12)13/h2-6,8H,7H2,1H3/b3-2+. The highest BCUT2D eigenvalue weighted by molar-refractivity contribution is 7.91. The predicted molar refractivity (Wildman–Crippen MR) is 60.0 cm³/mol. The Kier molecular flexibility index (Phi) is 3.78. The molecule has 0 bridgehead atoms. The van der Waals surface area contributed by atoms with Crippen LogP contribution in [0.1, 0.15) is 6.92 Å². The number of benzene rings is 1. The first-order valence-corrected chi connectivity index (χ1v) is 6.21. The van der Waals surface area contributed by atoms with E-state index in [0.717, 1.165) is 6.07 Å². The van der Waals surface area contributed by atoms with Crippen molar-refractivity contribution in [1.82, 2.24) is 0 Å². The first kappa shape index (κ1) is 12.4. The van der Waals surface area contributed by atoms with Crippen LogP contribution in [0.25, 0.3) is 0 Å². The number of rotatable bonds is 4. The topological polar surface area (TPSA) is 77.3 Å². The SMILES string of the molecule is C/C=C/CS(=O)(=O)c1cccc([N+](=O)[O-])c1. The van der Waals surface area contributed by atoms with E-state index < -0.39 is 14.8 Å². The fraction of sp³-hybridized carbons (Fsp3) is 0.200. The van der Waals surface area contributed by atoms with Crippen molar-refractivity contribution in [1.29, 1.82) is 0 Å².